The second-order valence-electron chi connectivity index (χ2n) is 7.65. The highest BCUT2D eigenvalue weighted by Gasteiger charge is 2.45. The molecule has 11 heteroatoms. The fourth-order valence-electron chi connectivity index (χ4n) is 3.94. The van der Waals surface area contributed by atoms with E-state index < -0.39 is 36.0 Å². The Hall–Kier alpha value is -2.24. The van der Waals surface area contributed by atoms with Gasteiger partial charge in [0.05, 0.1) is 12.8 Å². The van der Waals surface area contributed by atoms with Gasteiger partial charge in [0.15, 0.2) is 0 Å². The van der Waals surface area contributed by atoms with Gasteiger partial charge in [-0.15, -0.1) is 0 Å². The van der Waals surface area contributed by atoms with Gasteiger partial charge in [0.1, 0.15) is 18.1 Å². The topological polar surface area (TPSA) is 171 Å². The van der Waals surface area contributed by atoms with Crippen LogP contribution in [0.25, 0.3) is 0 Å². The molecule has 0 bridgehead atoms. The molecule has 0 aromatic carbocycles. The lowest BCUT2D eigenvalue weighted by Crippen LogP contribution is -2.56. The summed E-state index contributed by atoms with van der Waals surface area (Å²) in [6, 6.07) is -3.30. The minimum atomic E-state index is -0.865. The number of amides is 4. The number of nitrogens with one attached hydrogen (secondary N) is 2. The standard InChI is InChI=1S/C18H32N6O5/c1-3-12(21-9-25)17(28)23-6-4-5-13(23)18(29)24-8-11(19)7-14(24)16(27)22-10(2)15(20)26/h10-14,21,25H,3-9,19H2,1-2H3,(H2,20,26)(H,22,27)/t10-,11-,12-,13+,14-/m0/s1. The lowest BCUT2D eigenvalue weighted by atomic mass is 10.1. The van der Waals surface area contributed by atoms with E-state index in [0.29, 0.717) is 25.8 Å². The number of hydrogen-bond donors (Lipinski definition) is 5. The Morgan fingerprint density at radius 3 is 2.48 bits per heavy atom. The number of likely N-dealkylation sites (tertiary alicyclic amines) is 2. The van der Waals surface area contributed by atoms with E-state index in [9.17, 15) is 19.2 Å². The molecule has 0 aromatic heterocycles. The molecule has 0 spiro atoms. The summed E-state index contributed by atoms with van der Waals surface area (Å²) in [5.74, 6) is -1.73. The molecular weight excluding hydrogens is 380 g/mol. The number of aliphatic hydroxyl groups excluding tert-OH is 1. The average molecular weight is 412 g/mol. The number of nitrogens with two attached hydrogens (primary N) is 2. The SMILES string of the molecule is CC[C@H](NCO)C(=O)N1CCC[C@@H]1C(=O)N1C[C@@H](N)C[C@H]1C(=O)N[C@@H](C)C(N)=O. The van der Waals surface area contributed by atoms with Gasteiger partial charge in [0.2, 0.25) is 23.6 Å². The van der Waals surface area contributed by atoms with Gasteiger partial charge < -0.3 is 31.7 Å². The molecule has 164 valence electrons. The maximum Gasteiger partial charge on any atom is 0.246 e. The first kappa shape index (κ1) is 23.0. The molecule has 2 fully saturated rings. The van der Waals surface area contributed by atoms with E-state index in [0.717, 1.165) is 0 Å². The molecular formula is C18H32N6O5. The molecule has 0 radical (unpaired) electrons. The second kappa shape index (κ2) is 9.99. The molecule has 0 aromatic rings. The summed E-state index contributed by atoms with van der Waals surface area (Å²) in [5, 5.41) is 14.3. The van der Waals surface area contributed by atoms with Crippen LogP contribution >= 0.6 is 0 Å². The third kappa shape index (κ3) is 5.22. The van der Waals surface area contributed by atoms with Crippen molar-refractivity contribution in [3.63, 3.8) is 0 Å². The minimum Gasteiger partial charge on any atom is -0.381 e. The molecule has 5 atom stereocenters. The van der Waals surface area contributed by atoms with Crippen molar-refractivity contribution in [2.24, 2.45) is 11.5 Å². The molecule has 11 nitrogen and oxygen atoms in total. The van der Waals surface area contributed by atoms with Gasteiger partial charge >= 0.3 is 0 Å². The molecule has 0 aliphatic carbocycles. The molecule has 0 unspecified atom stereocenters. The number of nitrogens with zero attached hydrogens (tertiary/aromatic N) is 2. The van der Waals surface area contributed by atoms with Gasteiger partial charge in [-0.3, -0.25) is 24.5 Å². The normalized spacial score (nSPS) is 26.3. The molecule has 2 heterocycles. The number of primary amides is 1. The lowest BCUT2D eigenvalue weighted by molar-refractivity contribution is -0.147. The highest BCUT2D eigenvalue weighted by atomic mass is 16.3. The predicted molar refractivity (Wildman–Crippen MR) is 104 cm³/mol. The summed E-state index contributed by atoms with van der Waals surface area (Å²) in [7, 11) is 0. The smallest absolute Gasteiger partial charge is 0.246 e. The Bertz CT molecular complexity index is 644. The average Bonchev–Trinajstić information content (AvgIpc) is 3.31. The zero-order chi connectivity index (χ0) is 21.7. The van der Waals surface area contributed by atoms with Crippen molar-refractivity contribution in [2.75, 3.05) is 19.8 Å². The van der Waals surface area contributed by atoms with E-state index in [1.807, 2.05) is 6.92 Å². The summed E-state index contributed by atoms with van der Waals surface area (Å²) in [4.78, 5) is 52.8. The number of rotatable bonds is 8. The Morgan fingerprint density at radius 1 is 1.21 bits per heavy atom. The zero-order valence-electron chi connectivity index (χ0n) is 17.0. The third-order valence-corrected chi connectivity index (χ3v) is 5.57. The van der Waals surface area contributed by atoms with E-state index in [2.05, 4.69) is 10.6 Å². The predicted octanol–water partition coefficient (Wildman–Crippen LogP) is -2.79. The van der Waals surface area contributed by atoms with E-state index in [-0.39, 0.29) is 37.6 Å². The quantitative estimate of drug-likeness (QED) is 0.268. The molecule has 7 N–H and O–H groups in total. The lowest BCUT2D eigenvalue weighted by Gasteiger charge is -2.32. The number of aliphatic hydroxyl groups is 1. The summed E-state index contributed by atoms with van der Waals surface area (Å²) in [6.07, 6.45) is 1.92. The summed E-state index contributed by atoms with van der Waals surface area (Å²) in [6.45, 7) is 3.59. The van der Waals surface area contributed by atoms with Crippen LogP contribution in [0, 0.1) is 0 Å². The number of hydrogen-bond acceptors (Lipinski definition) is 7. The number of carbonyl (C=O) groups is 4. The summed E-state index contributed by atoms with van der Waals surface area (Å²) >= 11 is 0. The monoisotopic (exact) mass is 412 g/mol. The van der Waals surface area contributed by atoms with Crippen LogP contribution in [-0.4, -0.2) is 88.6 Å². The van der Waals surface area contributed by atoms with Crippen molar-refractivity contribution in [1.82, 2.24) is 20.4 Å². The van der Waals surface area contributed by atoms with Crippen molar-refractivity contribution in [1.29, 1.82) is 0 Å². The van der Waals surface area contributed by atoms with Crippen LogP contribution in [0.1, 0.15) is 39.5 Å². The fraction of sp³-hybridized carbons (Fsp3) is 0.778. The highest BCUT2D eigenvalue weighted by molar-refractivity contribution is 5.95. The van der Waals surface area contributed by atoms with Gasteiger partial charge in [0.25, 0.3) is 0 Å². The van der Waals surface area contributed by atoms with Crippen LogP contribution in [0.3, 0.4) is 0 Å². The van der Waals surface area contributed by atoms with Crippen LogP contribution in [0.15, 0.2) is 0 Å². The van der Waals surface area contributed by atoms with Crippen molar-refractivity contribution in [2.45, 2.75) is 69.7 Å². The fourth-order valence-corrected chi connectivity index (χ4v) is 3.94. The molecule has 2 saturated heterocycles. The largest absolute Gasteiger partial charge is 0.381 e. The van der Waals surface area contributed by atoms with Crippen molar-refractivity contribution in [3.8, 4) is 0 Å². The van der Waals surface area contributed by atoms with E-state index in [1.54, 1.807) is 0 Å². The maximum absolute atomic E-state index is 13.2. The van der Waals surface area contributed by atoms with Crippen LogP contribution in [0.2, 0.25) is 0 Å². The van der Waals surface area contributed by atoms with Crippen LogP contribution in [0.4, 0.5) is 0 Å². The molecule has 2 aliphatic heterocycles. The first-order valence-electron chi connectivity index (χ1n) is 10.0. The Morgan fingerprint density at radius 2 is 1.90 bits per heavy atom. The second-order valence-corrected chi connectivity index (χ2v) is 7.65. The zero-order valence-corrected chi connectivity index (χ0v) is 17.0. The molecule has 29 heavy (non-hydrogen) atoms. The van der Waals surface area contributed by atoms with Gasteiger partial charge in [0, 0.05) is 19.1 Å². The van der Waals surface area contributed by atoms with E-state index in [1.165, 1.54) is 16.7 Å². The van der Waals surface area contributed by atoms with Crippen LogP contribution in [0.5, 0.6) is 0 Å². The molecule has 4 amide bonds. The molecule has 2 rings (SSSR count). The van der Waals surface area contributed by atoms with Crippen LogP contribution in [-0.2, 0) is 19.2 Å². The minimum absolute atomic E-state index is 0.201. The Labute approximate surface area is 170 Å². The van der Waals surface area contributed by atoms with Gasteiger partial charge in [-0.1, -0.05) is 6.92 Å². The van der Waals surface area contributed by atoms with Crippen LogP contribution < -0.4 is 22.1 Å². The van der Waals surface area contributed by atoms with Gasteiger partial charge in [-0.25, -0.2) is 0 Å². The van der Waals surface area contributed by atoms with Crippen molar-refractivity contribution in [3.05, 3.63) is 0 Å². The Balaban J connectivity index is 2.14. The third-order valence-electron chi connectivity index (χ3n) is 5.57. The maximum atomic E-state index is 13.2. The highest BCUT2D eigenvalue weighted by Crippen LogP contribution is 2.25. The number of carbonyl (C=O) groups excluding carboxylic acids is 4. The van der Waals surface area contributed by atoms with Crippen molar-refractivity contribution >= 4 is 23.6 Å². The first-order chi connectivity index (χ1) is 13.7. The summed E-state index contributed by atoms with van der Waals surface area (Å²) < 4.78 is 0. The molecule has 0 saturated carbocycles. The molecule has 2 aliphatic rings. The Kier molecular flexibility index (Phi) is 7.94. The summed E-state index contributed by atoms with van der Waals surface area (Å²) in [5.41, 5.74) is 11.2. The van der Waals surface area contributed by atoms with Gasteiger partial charge in [-0.05, 0) is 32.6 Å². The van der Waals surface area contributed by atoms with Gasteiger partial charge in [-0.2, -0.15) is 0 Å². The first-order valence-corrected chi connectivity index (χ1v) is 10.0. The van der Waals surface area contributed by atoms with E-state index >= 15 is 0 Å². The van der Waals surface area contributed by atoms with Crippen molar-refractivity contribution < 1.29 is 24.3 Å². The van der Waals surface area contributed by atoms with E-state index in [4.69, 9.17) is 16.6 Å².